The van der Waals surface area contributed by atoms with E-state index in [1.165, 1.54) is 5.56 Å². The summed E-state index contributed by atoms with van der Waals surface area (Å²) in [7, 11) is 0. The first kappa shape index (κ1) is 18.9. The van der Waals surface area contributed by atoms with Crippen LogP contribution in [-0.4, -0.2) is 10.4 Å². The third-order valence-corrected chi connectivity index (χ3v) is 5.16. The summed E-state index contributed by atoms with van der Waals surface area (Å²) in [5, 5.41) is 3.21. The Bertz CT molecular complexity index is 1120. The van der Waals surface area contributed by atoms with Gasteiger partial charge in [-0.15, -0.1) is 0 Å². The van der Waals surface area contributed by atoms with Crippen molar-refractivity contribution in [2.24, 2.45) is 0 Å². The van der Waals surface area contributed by atoms with Crippen LogP contribution >= 0.6 is 0 Å². The standard InChI is InChI=1S/C23H21NO.C2H6/c1-4-24-16(3)22(20-11-7-8-12-21(20)24)23(25)19-14-13-15(2)17-9-5-6-10-18(17)19;1-2/h5-14H,4H2,1-3H3;1-2H3. The number of hydrogen-bond donors (Lipinski definition) is 0. The molecule has 0 aliphatic carbocycles. The Hall–Kier alpha value is -2.87. The number of aryl methyl sites for hydroxylation is 2. The second kappa shape index (κ2) is 7.79. The predicted octanol–water partition coefficient (Wildman–Crippen LogP) is 6.69. The molecule has 0 atom stereocenters. The van der Waals surface area contributed by atoms with E-state index in [1.54, 1.807) is 0 Å². The summed E-state index contributed by atoms with van der Waals surface area (Å²) in [4.78, 5) is 13.5. The predicted molar refractivity (Wildman–Crippen MR) is 116 cm³/mol. The number of hydrogen-bond acceptors (Lipinski definition) is 1. The van der Waals surface area contributed by atoms with E-state index in [9.17, 15) is 4.79 Å². The molecule has 27 heavy (non-hydrogen) atoms. The van der Waals surface area contributed by atoms with Gasteiger partial charge in [0.25, 0.3) is 0 Å². The third-order valence-electron chi connectivity index (χ3n) is 5.16. The normalized spacial score (nSPS) is 10.7. The highest BCUT2D eigenvalue weighted by Crippen LogP contribution is 2.31. The van der Waals surface area contributed by atoms with Crippen molar-refractivity contribution < 1.29 is 4.79 Å². The van der Waals surface area contributed by atoms with Gasteiger partial charge >= 0.3 is 0 Å². The van der Waals surface area contributed by atoms with E-state index in [0.29, 0.717) is 0 Å². The number of para-hydroxylation sites is 1. The van der Waals surface area contributed by atoms with Crippen molar-refractivity contribution in [3.63, 3.8) is 0 Å². The molecular weight excluding hydrogens is 330 g/mol. The summed E-state index contributed by atoms with van der Waals surface area (Å²) >= 11 is 0. The van der Waals surface area contributed by atoms with Gasteiger partial charge in [-0.05, 0) is 43.2 Å². The lowest BCUT2D eigenvalue weighted by Crippen LogP contribution is -2.06. The van der Waals surface area contributed by atoms with Crippen LogP contribution in [0.3, 0.4) is 0 Å². The maximum absolute atomic E-state index is 13.5. The third kappa shape index (κ3) is 3.06. The van der Waals surface area contributed by atoms with Crippen molar-refractivity contribution in [3.05, 3.63) is 83.0 Å². The SMILES string of the molecule is CC.CCn1c(C)c(C(=O)c2ccc(C)c3ccccc23)c2ccccc21. The smallest absolute Gasteiger partial charge is 0.196 e. The Balaban J connectivity index is 0.00000102. The Kier molecular flexibility index (Phi) is 5.46. The number of aromatic nitrogens is 1. The van der Waals surface area contributed by atoms with E-state index in [0.717, 1.165) is 45.0 Å². The van der Waals surface area contributed by atoms with Gasteiger partial charge in [-0.25, -0.2) is 0 Å². The van der Waals surface area contributed by atoms with Crippen molar-refractivity contribution in [1.82, 2.24) is 4.57 Å². The van der Waals surface area contributed by atoms with Crippen LogP contribution in [0.25, 0.3) is 21.7 Å². The first-order chi connectivity index (χ1) is 13.1. The van der Waals surface area contributed by atoms with Crippen LogP contribution in [0.4, 0.5) is 0 Å². The van der Waals surface area contributed by atoms with Crippen LogP contribution < -0.4 is 0 Å². The minimum absolute atomic E-state index is 0.108. The number of ketones is 1. The molecule has 0 spiro atoms. The molecule has 0 bridgehead atoms. The molecule has 0 N–H and O–H groups in total. The number of benzene rings is 3. The van der Waals surface area contributed by atoms with Gasteiger partial charge in [-0.1, -0.05) is 68.4 Å². The summed E-state index contributed by atoms with van der Waals surface area (Å²) in [6.45, 7) is 11.1. The quantitative estimate of drug-likeness (QED) is 0.374. The van der Waals surface area contributed by atoms with Gasteiger partial charge in [0.15, 0.2) is 5.78 Å². The number of fused-ring (bicyclic) bond motifs is 2. The summed E-state index contributed by atoms with van der Waals surface area (Å²) in [5.41, 5.74) is 4.97. The van der Waals surface area contributed by atoms with Crippen LogP contribution in [0.1, 0.15) is 48.0 Å². The maximum atomic E-state index is 13.5. The van der Waals surface area contributed by atoms with Crippen LogP contribution in [0.2, 0.25) is 0 Å². The number of nitrogens with zero attached hydrogens (tertiary/aromatic N) is 1. The molecule has 0 amide bonds. The monoisotopic (exact) mass is 357 g/mol. The van der Waals surface area contributed by atoms with E-state index < -0.39 is 0 Å². The Morgan fingerprint density at radius 2 is 1.41 bits per heavy atom. The lowest BCUT2D eigenvalue weighted by molar-refractivity contribution is 0.104. The molecule has 2 nitrogen and oxygen atoms in total. The van der Waals surface area contributed by atoms with E-state index in [-0.39, 0.29) is 5.78 Å². The van der Waals surface area contributed by atoms with E-state index in [1.807, 2.05) is 63.2 Å². The number of carbonyl (C=O) groups excluding carboxylic acids is 1. The van der Waals surface area contributed by atoms with Crippen molar-refractivity contribution in [2.45, 2.75) is 41.2 Å². The summed E-state index contributed by atoms with van der Waals surface area (Å²) in [6.07, 6.45) is 0. The summed E-state index contributed by atoms with van der Waals surface area (Å²) in [6, 6.07) is 20.4. The minimum atomic E-state index is 0.108. The first-order valence-electron chi connectivity index (χ1n) is 9.74. The number of rotatable bonds is 3. The fourth-order valence-corrected chi connectivity index (χ4v) is 3.91. The Morgan fingerprint density at radius 1 is 0.815 bits per heavy atom. The molecule has 3 aromatic carbocycles. The summed E-state index contributed by atoms with van der Waals surface area (Å²) in [5.74, 6) is 0.108. The summed E-state index contributed by atoms with van der Waals surface area (Å²) < 4.78 is 2.22. The van der Waals surface area contributed by atoms with E-state index >= 15 is 0 Å². The van der Waals surface area contributed by atoms with Gasteiger partial charge in [-0.2, -0.15) is 0 Å². The largest absolute Gasteiger partial charge is 0.344 e. The van der Waals surface area contributed by atoms with Crippen LogP contribution in [-0.2, 0) is 6.54 Å². The molecule has 1 heterocycles. The van der Waals surface area contributed by atoms with Crippen LogP contribution in [0.5, 0.6) is 0 Å². The van der Waals surface area contributed by atoms with Crippen LogP contribution in [0, 0.1) is 13.8 Å². The highest BCUT2D eigenvalue weighted by Gasteiger charge is 2.22. The maximum Gasteiger partial charge on any atom is 0.196 e. The first-order valence-corrected chi connectivity index (χ1v) is 9.74. The molecule has 4 aromatic rings. The van der Waals surface area contributed by atoms with Crippen molar-refractivity contribution in [2.75, 3.05) is 0 Å². The molecule has 0 saturated carbocycles. The molecule has 4 rings (SSSR count). The van der Waals surface area contributed by atoms with Gasteiger partial charge in [0.2, 0.25) is 0 Å². The molecule has 2 heteroatoms. The van der Waals surface area contributed by atoms with Crippen molar-refractivity contribution in [1.29, 1.82) is 0 Å². The molecule has 0 aliphatic heterocycles. The Labute approximate surface area is 161 Å². The highest BCUT2D eigenvalue weighted by atomic mass is 16.1. The zero-order valence-electron chi connectivity index (χ0n) is 16.8. The van der Waals surface area contributed by atoms with E-state index in [2.05, 4.69) is 36.6 Å². The molecule has 0 radical (unpaired) electrons. The average Bonchev–Trinajstić information content (AvgIpc) is 3.00. The zero-order valence-corrected chi connectivity index (χ0v) is 16.8. The van der Waals surface area contributed by atoms with Gasteiger partial charge in [-0.3, -0.25) is 4.79 Å². The van der Waals surface area contributed by atoms with Gasteiger partial charge in [0, 0.05) is 28.7 Å². The van der Waals surface area contributed by atoms with Crippen LogP contribution in [0.15, 0.2) is 60.7 Å². The molecule has 1 aromatic heterocycles. The van der Waals surface area contributed by atoms with Crippen molar-refractivity contribution >= 4 is 27.5 Å². The fourth-order valence-electron chi connectivity index (χ4n) is 3.91. The second-order valence-corrected chi connectivity index (χ2v) is 6.53. The molecule has 0 fully saturated rings. The molecule has 0 saturated heterocycles. The van der Waals surface area contributed by atoms with Gasteiger partial charge in [0.05, 0.1) is 5.56 Å². The van der Waals surface area contributed by atoms with E-state index in [4.69, 9.17) is 0 Å². The second-order valence-electron chi connectivity index (χ2n) is 6.53. The minimum Gasteiger partial charge on any atom is -0.344 e. The highest BCUT2D eigenvalue weighted by molar-refractivity contribution is 6.22. The zero-order chi connectivity index (χ0) is 19.6. The van der Waals surface area contributed by atoms with Gasteiger partial charge < -0.3 is 4.57 Å². The fraction of sp³-hybridized carbons (Fsp3) is 0.240. The van der Waals surface area contributed by atoms with Gasteiger partial charge in [0.1, 0.15) is 0 Å². The number of carbonyl (C=O) groups is 1. The molecular formula is C25H27NO. The van der Waals surface area contributed by atoms with Crippen molar-refractivity contribution in [3.8, 4) is 0 Å². The lowest BCUT2D eigenvalue weighted by Gasteiger charge is -2.09. The Morgan fingerprint density at radius 3 is 2.07 bits per heavy atom. The topological polar surface area (TPSA) is 22.0 Å². The lowest BCUT2D eigenvalue weighted by atomic mass is 9.93. The molecule has 0 aliphatic rings. The molecule has 138 valence electrons. The molecule has 0 unspecified atom stereocenters. The average molecular weight is 357 g/mol.